The minimum absolute atomic E-state index is 0.0211. The molecule has 1 heterocycles. The number of ether oxygens (including phenoxy) is 8. The van der Waals surface area contributed by atoms with E-state index in [4.69, 9.17) is 37.9 Å². The smallest absolute Gasteiger partial charge is 0.408 e. The molecule has 1 fully saturated rings. The van der Waals surface area contributed by atoms with E-state index in [9.17, 15) is 19.9 Å². The van der Waals surface area contributed by atoms with Gasteiger partial charge in [0.05, 0.1) is 39.1 Å². The molecule has 0 spiro atoms. The van der Waals surface area contributed by atoms with E-state index >= 15 is 0 Å². The number of benzene rings is 4. The van der Waals surface area contributed by atoms with E-state index in [0.29, 0.717) is 0 Å². The van der Waals surface area contributed by atoms with Gasteiger partial charge >= 0.3 is 18.0 Å². The molecule has 1 aliphatic rings. The number of nitrogens with one attached hydrogen (secondary N) is 1. The van der Waals surface area contributed by atoms with Crippen molar-refractivity contribution < 1.29 is 52.3 Å². The summed E-state index contributed by atoms with van der Waals surface area (Å²) in [5.41, 5.74) is 12.0. The molecule has 15 heteroatoms. The van der Waals surface area contributed by atoms with Crippen molar-refractivity contribution in [2.45, 2.75) is 115 Å². The van der Waals surface area contributed by atoms with E-state index in [0.717, 1.165) is 22.3 Å². The molecule has 1 amide bonds. The monoisotopic (exact) mass is 852 g/mol. The van der Waals surface area contributed by atoms with Crippen molar-refractivity contribution >= 4 is 18.0 Å². The summed E-state index contributed by atoms with van der Waals surface area (Å²) in [4.78, 5) is 42.3. The van der Waals surface area contributed by atoms with Crippen LogP contribution in [0.25, 0.3) is 10.4 Å². The highest BCUT2D eigenvalue weighted by Gasteiger charge is 2.51. The van der Waals surface area contributed by atoms with Crippen LogP contribution in [-0.4, -0.2) is 79.6 Å². The van der Waals surface area contributed by atoms with Gasteiger partial charge in [0.15, 0.2) is 12.4 Å². The molecule has 4 aromatic rings. The summed E-state index contributed by atoms with van der Waals surface area (Å²) >= 11 is 0. The maximum absolute atomic E-state index is 13.5. The first-order chi connectivity index (χ1) is 30.0. The predicted molar refractivity (Wildman–Crippen MR) is 228 cm³/mol. The first-order valence-corrected chi connectivity index (χ1v) is 20.6. The van der Waals surface area contributed by atoms with Crippen molar-refractivity contribution in [2.75, 3.05) is 13.2 Å². The molecular weight excluding hydrogens is 797 g/mol. The number of amides is 1. The second kappa shape index (κ2) is 24.6. The van der Waals surface area contributed by atoms with Gasteiger partial charge in [0.25, 0.3) is 0 Å². The lowest BCUT2D eigenvalue weighted by molar-refractivity contribution is -0.328. The number of hydrogen-bond acceptors (Lipinski definition) is 12. The Morgan fingerprint density at radius 2 is 1.24 bits per heavy atom. The molecule has 0 bridgehead atoms. The molecular formula is C47H56N4O11. The molecule has 7 atom stereocenters. The lowest BCUT2D eigenvalue weighted by Gasteiger charge is -2.46. The minimum Gasteiger partial charge on any atom is -0.458 e. The van der Waals surface area contributed by atoms with Crippen LogP contribution in [0.2, 0.25) is 0 Å². The molecule has 1 unspecified atom stereocenters. The van der Waals surface area contributed by atoms with Gasteiger partial charge in [-0.05, 0) is 61.4 Å². The summed E-state index contributed by atoms with van der Waals surface area (Å²) in [7, 11) is 0. The second-order valence-electron chi connectivity index (χ2n) is 15.7. The largest absolute Gasteiger partial charge is 0.458 e. The third-order valence-electron chi connectivity index (χ3n) is 9.51. The Morgan fingerprint density at radius 1 is 0.726 bits per heavy atom. The van der Waals surface area contributed by atoms with Gasteiger partial charge < -0.3 is 43.2 Å². The summed E-state index contributed by atoms with van der Waals surface area (Å²) in [6, 6.07) is 36.7. The summed E-state index contributed by atoms with van der Waals surface area (Å²) in [6.07, 6.45) is -6.84. The lowest BCUT2D eigenvalue weighted by Crippen LogP contribution is -2.62. The molecule has 62 heavy (non-hydrogen) atoms. The number of rotatable bonds is 22. The first kappa shape index (κ1) is 47.3. The number of carbonyl (C=O) groups is 3. The highest BCUT2D eigenvalue weighted by atomic mass is 16.7. The maximum Gasteiger partial charge on any atom is 0.408 e. The third kappa shape index (κ3) is 16.2. The van der Waals surface area contributed by atoms with Gasteiger partial charge in [0.1, 0.15) is 36.6 Å². The first-order valence-electron chi connectivity index (χ1n) is 20.6. The molecule has 0 aromatic heterocycles. The Balaban J connectivity index is 1.42. The quantitative estimate of drug-likeness (QED) is 0.0265. The van der Waals surface area contributed by atoms with Crippen molar-refractivity contribution in [3.63, 3.8) is 0 Å². The number of azide groups is 1. The summed E-state index contributed by atoms with van der Waals surface area (Å²) in [5.74, 6) is -1.33. The van der Waals surface area contributed by atoms with E-state index < -0.39 is 66.5 Å². The van der Waals surface area contributed by atoms with Crippen LogP contribution in [0.1, 0.15) is 62.8 Å². The van der Waals surface area contributed by atoms with Crippen LogP contribution in [0.15, 0.2) is 126 Å². The Morgan fingerprint density at radius 3 is 1.76 bits per heavy atom. The number of nitrogens with zero attached hydrogens (tertiary/aromatic N) is 3. The highest BCUT2D eigenvalue weighted by Crippen LogP contribution is 2.32. The molecule has 0 aliphatic carbocycles. The normalized spacial score (nSPS) is 19.6. The van der Waals surface area contributed by atoms with Gasteiger partial charge in [-0.3, -0.25) is 4.79 Å². The van der Waals surface area contributed by atoms with Gasteiger partial charge in [-0.2, -0.15) is 0 Å². The molecule has 330 valence electrons. The maximum atomic E-state index is 13.5. The SMILES string of the molecule is CC(=O)O[C@H]1[C@H](OC(CC[C@H](NC(=O)OCc2ccccc2)C(=O)OC(C)(C)C)CN=[N+]=[N-])O[C@H](COCc2ccccc2)[C@H](OCc2ccccc2)[C@@H]1OCc1ccccc1. The van der Waals surface area contributed by atoms with Crippen molar-refractivity contribution in [3.8, 4) is 0 Å². The number of hydrogen-bond donors (Lipinski definition) is 1. The van der Waals surface area contributed by atoms with E-state index in [1.807, 2.05) is 121 Å². The van der Waals surface area contributed by atoms with Gasteiger partial charge in [-0.25, -0.2) is 9.59 Å². The molecule has 0 radical (unpaired) electrons. The number of carbonyl (C=O) groups excluding carboxylic acids is 3. The molecule has 1 saturated heterocycles. The van der Waals surface area contributed by atoms with Gasteiger partial charge in [0.2, 0.25) is 0 Å². The second-order valence-corrected chi connectivity index (χ2v) is 15.7. The van der Waals surface area contributed by atoms with E-state index in [1.165, 1.54) is 6.92 Å². The van der Waals surface area contributed by atoms with Crippen molar-refractivity contribution in [3.05, 3.63) is 154 Å². The fourth-order valence-electron chi connectivity index (χ4n) is 6.63. The Hall–Kier alpha value is -5.80. The molecule has 1 aliphatic heterocycles. The van der Waals surface area contributed by atoms with Crippen LogP contribution in [0, 0.1) is 0 Å². The average Bonchev–Trinajstić information content (AvgIpc) is 3.26. The minimum atomic E-state index is -1.30. The van der Waals surface area contributed by atoms with Crippen LogP contribution >= 0.6 is 0 Å². The summed E-state index contributed by atoms with van der Waals surface area (Å²) in [5, 5.41) is 6.42. The van der Waals surface area contributed by atoms with Crippen molar-refractivity contribution in [2.24, 2.45) is 5.11 Å². The zero-order valence-corrected chi connectivity index (χ0v) is 35.6. The van der Waals surface area contributed by atoms with Crippen LogP contribution in [-0.2, 0) is 73.9 Å². The zero-order chi connectivity index (χ0) is 44.2. The van der Waals surface area contributed by atoms with Crippen LogP contribution in [0.5, 0.6) is 0 Å². The van der Waals surface area contributed by atoms with Crippen LogP contribution in [0.4, 0.5) is 4.79 Å². The molecule has 15 nitrogen and oxygen atoms in total. The Bertz CT molecular complexity index is 2000. The molecule has 1 N–H and O–H groups in total. The number of esters is 2. The van der Waals surface area contributed by atoms with Gasteiger partial charge in [0, 0.05) is 11.8 Å². The Kier molecular flexibility index (Phi) is 18.7. The fourth-order valence-corrected chi connectivity index (χ4v) is 6.63. The lowest BCUT2D eigenvalue weighted by atomic mass is 9.97. The molecule has 4 aromatic carbocycles. The van der Waals surface area contributed by atoms with Gasteiger partial charge in [-0.1, -0.05) is 126 Å². The fraction of sp³-hybridized carbons (Fsp3) is 0.426. The summed E-state index contributed by atoms with van der Waals surface area (Å²) in [6.45, 7) is 6.80. The van der Waals surface area contributed by atoms with E-state index in [-0.39, 0.29) is 52.4 Å². The topological polar surface area (TPSA) is 186 Å². The van der Waals surface area contributed by atoms with Crippen molar-refractivity contribution in [1.82, 2.24) is 5.32 Å². The predicted octanol–water partition coefficient (Wildman–Crippen LogP) is 8.14. The molecule has 5 rings (SSSR count). The van der Waals surface area contributed by atoms with Crippen molar-refractivity contribution in [1.29, 1.82) is 0 Å². The van der Waals surface area contributed by atoms with Crippen LogP contribution in [0.3, 0.4) is 0 Å². The standard InChI is InChI=1S/C47H56N4O11/c1-33(52)59-43-42(57-30-36-21-13-7-14-22-36)41(56-29-35-19-11-6-12-20-35)40(32-55-28-34-17-9-5-10-18-34)61-45(43)60-38(27-49-51-48)25-26-39(44(53)62-47(2,3)4)50-46(54)58-31-37-23-15-8-16-24-37/h5-24,38-43,45H,25-32H2,1-4H3,(H,50,54)/t38?,39-,40+,41-,42-,43+,45+/m0/s1. The van der Waals surface area contributed by atoms with Gasteiger partial charge in [-0.15, -0.1) is 0 Å². The van der Waals surface area contributed by atoms with E-state index in [2.05, 4.69) is 15.3 Å². The average molecular weight is 853 g/mol. The third-order valence-corrected chi connectivity index (χ3v) is 9.51. The van der Waals surface area contributed by atoms with E-state index in [1.54, 1.807) is 20.8 Å². The Labute approximate surface area is 362 Å². The molecule has 0 saturated carbocycles. The highest BCUT2D eigenvalue weighted by molar-refractivity contribution is 5.81. The summed E-state index contributed by atoms with van der Waals surface area (Å²) < 4.78 is 49.7. The van der Waals surface area contributed by atoms with Crippen LogP contribution < -0.4 is 5.32 Å². The zero-order valence-electron chi connectivity index (χ0n) is 35.6. The number of alkyl carbamates (subject to hydrolysis) is 1.